The second-order valence-electron chi connectivity index (χ2n) is 14.8. The van der Waals surface area contributed by atoms with E-state index in [9.17, 15) is 0 Å². The number of anilines is 1. The third-order valence-corrected chi connectivity index (χ3v) is 10.8. The number of halogens is 1. The van der Waals surface area contributed by atoms with Crippen molar-refractivity contribution in [2.75, 3.05) is 11.9 Å². The second kappa shape index (κ2) is 29.4. The van der Waals surface area contributed by atoms with Gasteiger partial charge in [-0.2, -0.15) is 34.7 Å². The van der Waals surface area contributed by atoms with Gasteiger partial charge in [0, 0.05) is 34.8 Å². The first-order chi connectivity index (χ1) is 24.0. The maximum absolute atomic E-state index is 15.6. The van der Waals surface area contributed by atoms with Crippen molar-refractivity contribution in [2.45, 2.75) is 211 Å². The van der Waals surface area contributed by atoms with E-state index in [1.165, 1.54) is 146 Å². The fourth-order valence-electron chi connectivity index (χ4n) is 7.05. The molecule has 2 aromatic rings. The van der Waals surface area contributed by atoms with Gasteiger partial charge in [0.05, 0.1) is 5.69 Å². The Labute approximate surface area is 314 Å². The van der Waals surface area contributed by atoms with Crippen molar-refractivity contribution >= 4 is 30.9 Å². The van der Waals surface area contributed by atoms with Crippen LogP contribution >= 0.6 is 25.3 Å². The molecule has 1 aromatic carbocycles. The molecule has 0 saturated heterocycles. The van der Waals surface area contributed by atoms with Crippen molar-refractivity contribution in [3.8, 4) is 0 Å². The molecular formula is C43H76FN3S2. The highest BCUT2D eigenvalue weighted by atomic mass is 32.1. The lowest BCUT2D eigenvalue weighted by atomic mass is 10.0. The number of nitrogens with zero attached hydrogens (tertiary/aromatic N) is 2. The van der Waals surface area contributed by atoms with Gasteiger partial charge in [-0.1, -0.05) is 167 Å². The molecule has 0 aliphatic rings. The fourth-order valence-corrected chi connectivity index (χ4v) is 7.97. The first kappa shape index (κ1) is 44.0. The van der Waals surface area contributed by atoms with Crippen LogP contribution in [0.2, 0.25) is 0 Å². The van der Waals surface area contributed by atoms with Gasteiger partial charge in [-0.3, -0.25) is 0 Å². The van der Waals surface area contributed by atoms with Crippen molar-refractivity contribution in [2.24, 2.45) is 0 Å². The molecule has 0 radical (unpaired) electrons. The Morgan fingerprint density at radius 1 is 0.653 bits per heavy atom. The van der Waals surface area contributed by atoms with Crippen LogP contribution in [0.4, 0.5) is 10.1 Å². The number of aryl methyl sites for hydroxylation is 2. The van der Waals surface area contributed by atoms with E-state index in [0.29, 0.717) is 5.25 Å². The molecule has 0 aliphatic carbocycles. The molecule has 49 heavy (non-hydrogen) atoms. The van der Waals surface area contributed by atoms with Gasteiger partial charge < -0.3 is 5.32 Å². The number of benzene rings is 1. The van der Waals surface area contributed by atoms with E-state index in [1.807, 2.05) is 0 Å². The average molecular weight is 718 g/mol. The van der Waals surface area contributed by atoms with E-state index >= 15 is 4.39 Å². The molecule has 1 aromatic heterocycles. The number of rotatable bonds is 33. The molecule has 1 heterocycles. The Kier molecular flexibility index (Phi) is 26.4. The van der Waals surface area contributed by atoms with Crippen molar-refractivity contribution in [3.05, 3.63) is 47.0 Å². The van der Waals surface area contributed by atoms with E-state index in [4.69, 9.17) is 17.7 Å². The molecule has 282 valence electrons. The monoisotopic (exact) mass is 718 g/mol. The van der Waals surface area contributed by atoms with Crippen LogP contribution in [0, 0.1) is 5.95 Å². The minimum atomic E-state index is -0.0325. The van der Waals surface area contributed by atoms with Crippen LogP contribution in [0.25, 0.3) is 0 Å². The van der Waals surface area contributed by atoms with Crippen LogP contribution in [0.1, 0.15) is 203 Å². The molecule has 0 aliphatic heterocycles. The largest absolute Gasteiger partial charge is 0.385 e. The van der Waals surface area contributed by atoms with Gasteiger partial charge in [0.25, 0.3) is 0 Å². The van der Waals surface area contributed by atoms with Crippen LogP contribution in [-0.2, 0) is 19.4 Å². The standard InChI is InChI=1S/C43H76FN3S2/c1-4-6-8-10-12-17-21-25-33-41-39(43(44)47(46-41)35-29-23-19-13-11-9-7-5-2)31-24-20-16-14-15-18-22-28-34-45-40-32-27-26-30-38(40)42(49)36-37(3)48/h26-27,30,32,37,42,45,48-49H,4-25,28-29,31,33-36H2,1-3H3. The summed E-state index contributed by atoms with van der Waals surface area (Å²) in [5.41, 5.74) is 4.48. The van der Waals surface area contributed by atoms with Crippen molar-refractivity contribution in [3.63, 3.8) is 0 Å². The quantitative estimate of drug-likeness (QED) is 0.0507. The van der Waals surface area contributed by atoms with E-state index in [0.717, 1.165) is 62.9 Å². The Hall–Kier alpha value is -1.14. The number of unbranched alkanes of at least 4 members (excludes halogenated alkanes) is 21. The molecular weight excluding hydrogens is 642 g/mol. The lowest BCUT2D eigenvalue weighted by molar-refractivity contribution is 0.427. The lowest BCUT2D eigenvalue weighted by Crippen LogP contribution is -2.07. The van der Waals surface area contributed by atoms with Crippen molar-refractivity contribution in [1.29, 1.82) is 0 Å². The first-order valence-corrected chi connectivity index (χ1v) is 21.9. The predicted octanol–water partition coefficient (Wildman–Crippen LogP) is 14.3. The topological polar surface area (TPSA) is 29.9 Å². The Balaban J connectivity index is 1.67. The van der Waals surface area contributed by atoms with E-state index in [2.05, 4.69) is 63.0 Å². The van der Waals surface area contributed by atoms with Gasteiger partial charge in [-0.25, -0.2) is 4.68 Å². The zero-order valence-corrected chi connectivity index (χ0v) is 33.9. The smallest absolute Gasteiger partial charge is 0.214 e. The van der Waals surface area contributed by atoms with Crippen molar-refractivity contribution < 1.29 is 4.39 Å². The number of para-hydroxylation sites is 1. The molecule has 0 amide bonds. The SMILES string of the molecule is CCCCCCCCCCc1nn(CCCCCCCCCC)c(F)c1CCCCCCCCCCNc1ccccc1C(S)CC(C)S. The Morgan fingerprint density at radius 2 is 1.14 bits per heavy atom. The van der Waals surface area contributed by atoms with Gasteiger partial charge in [0.15, 0.2) is 0 Å². The minimum Gasteiger partial charge on any atom is -0.385 e. The van der Waals surface area contributed by atoms with Crippen LogP contribution in [0.15, 0.2) is 24.3 Å². The summed E-state index contributed by atoms with van der Waals surface area (Å²) in [7, 11) is 0. The molecule has 3 nitrogen and oxygen atoms in total. The third kappa shape index (κ3) is 20.5. The number of thiol groups is 2. The van der Waals surface area contributed by atoms with E-state index in [1.54, 1.807) is 4.68 Å². The number of nitrogens with one attached hydrogen (secondary N) is 1. The highest BCUT2D eigenvalue weighted by Gasteiger charge is 2.17. The maximum atomic E-state index is 15.6. The zero-order chi connectivity index (χ0) is 35.4. The minimum absolute atomic E-state index is 0.0325. The molecule has 0 spiro atoms. The van der Waals surface area contributed by atoms with E-state index in [-0.39, 0.29) is 11.2 Å². The average Bonchev–Trinajstić information content (AvgIpc) is 3.39. The van der Waals surface area contributed by atoms with Gasteiger partial charge in [-0.15, -0.1) is 0 Å². The molecule has 2 rings (SSSR count). The fraction of sp³-hybridized carbons (Fsp3) is 0.791. The molecule has 0 bridgehead atoms. The highest BCUT2D eigenvalue weighted by Crippen LogP contribution is 2.32. The van der Waals surface area contributed by atoms with Gasteiger partial charge in [-0.05, 0) is 56.6 Å². The summed E-state index contributed by atoms with van der Waals surface area (Å²) >= 11 is 9.39. The van der Waals surface area contributed by atoms with Gasteiger partial charge in [0.2, 0.25) is 5.95 Å². The summed E-state index contributed by atoms with van der Waals surface area (Å²) in [5.74, 6) is -0.0325. The van der Waals surface area contributed by atoms with Gasteiger partial charge in [0.1, 0.15) is 0 Å². The molecule has 6 heteroatoms. The molecule has 1 N–H and O–H groups in total. The maximum Gasteiger partial charge on any atom is 0.214 e. The molecule has 0 fully saturated rings. The molecule has 0 saturated carbocycles. The summed E-state index contributed by atoms with van der Waals surface area (Å²) < 4.78 is 17.4. The Bertz CT molecular complexity index is 1060. The normalized spacial score (nSPS) is 12.9. The summed E-state index contributed by atoms with van der Waals surface area (Å²) in [6.07, 6.45) is 33.2. The summed E-state index contributed by atoms with van der Waals surface area (Å²) in [4.78, 5) is 0. The summed E-state index contributed by atoms with van der Waals surface area (Å²) in [6.45, 7) is 8.42. The van der Waals surface area contributed by atoms with Crippen LogP contribution in [0.3, 0.4) is 0 Å². The van der Waals surface area contributed by atoms with E-state index < -0.39 is 0 Å². The van der Waals surface area contributed by atoms with Crippen LogP contribution in [-0.4, -0.2) is 21.6 Å². The second-order valence-corrected chi connectivity index (χ2v) is 16.3. The zero-order valence-electron chi connectivity index (χ0n) is 32.1. The lowest BCUT2D eigenvalue weighted by Gasteiger charge is -2.18. The first-order valence-electron chi connectivity index (χ1n) is 20.9. The number of aromatic nitrogens is 2. The van der Waals surface area contributed by atoms with Crippen LogP contribution in [0.5, 0.6) is 0 Å². The summed E-state index contributed by atoms with van der Waals surface area (Å²) in [5, 5.41) is 9.07. The number of hydrogen-bond acceptors (Lipinski definition) is 4. The van der Waals surface area contributed by atoms with Crippen molar-refractivity contribution in [1.82, 2.24) is 9.78 Å². The van der Waals surface area contributed by atoms with Gasteiger partial charge >= 0.3 is 0 Å². The summed E-state index contributed by atoms with van der Waals surface area (Å²) in [6, 6.07) is 8.57. The molecule has 2 atom stereocenters. The molecule has 2 unspecified atom stereocenters. The number of hydrogen-bond donors (Lipinski definition) is 3. The predicted molar refractivity (Wildman–Crippen MR) is 221 cm³/mol. The highest BCUT2D eigenvalue weighted by molar-refractivity contribution is 7.81. The Morgan fingerprint density at radius 3 is 1.71 bits per heavy atom. The van der Waals surface area contributed by atoms with Crippen LogP contribution < -0.4 is 5.32 Å². The third-order valence-electron chi connectivity index (χ3n) is 10.1.